The van der Waals surface area contributed by atoms with Gasteiger partial charge in [0.15, 0.2) is 5.75 Å². The molecule has 0 unspecified atom stereocenters. The normalized spacial score (nSPS) is 11.4. The van der Waals surface area contributed by atoms with Gasteiger partial charge < -0.3 is 18.6 Å². The van der Waals surface area contributed by atoms with Crippen molar-refractivity contribution in [1.82, 2.24) is 0 Å². The van der Waals surface area contributed by atoms with Crippen LogP contribution in [-0.2, 0) is 4.79 Å². The lowest BCUT2D eigenvalue weighted by Gasteiger charge is -2.15. The molecule has 0 saturated carbocycles. The van der Waals surface area contributed by atoms with Gasteiger partial charge in [0.25, 0.3) is 0 Å². The van der Waals surface area contributed by atoms with Crippen molar-refractivity contribution >= 4 is 16.9 Å². The van der Waals surface area contributed by atoms with E-state index in [0.29, 0.717) is 12.0 Å². The molecule has 2 rings (SSSR count). The third-order valence-electron chi connectivity index (χ3n) is 6.06. The average molecular weight is 513 g/mol. The van der Waals surface area contributed by atoms with Crippen molar-refractivity contribution < 1.29 is 23.4 Å². The molecule has 0 bridgehead atoms. The van der Waals surface area contributed by atoms with Crippen molar-refractivity contribution in [1.29, 1.82) is 0 Å². The maximum atomic E-state index is 12.9. The van der Waals surface area contributed by atoms with Gasteiger partial charge in [-0.15, -0.1) is 0 Å². The number of esters is 1. The molecule has 37 heavy (non-hydrogen) atoms. The number of fused-ring (bicyclic) bond motifs is 1. The molecule has 1 aromatic carbocycles. The Morgan fingerprint density at radius 2 is 1.59 bits per heavy atom. The van der Waals surface area contributed by atoms with Crippen LogP contribution in [0.2, 0.25) is 0 Å². The van der Waals surface area contributed by atoms with E-state index in [1.807, 2.05) is 6.08 Å². The Kier molecular flexibility index (Phi) is 13.6. The van der Waals surface area contributed by atoms with Crippen LogP contribution >= 0.6 is 0 Å². The van der Waals surface area contributed by atoms with E-state index in [0.717, 1.165) is 32.1 Å². The number of rotatable bonds is 17. The van der Waals surface area contributed by atoms with Crippen LogP contribution in [0.15, 0.2) is 50.7 Å². The fraction of sp³-hybridized carbons (Fsp3) is 0.548. The van der Waals surface area contributed by atoms with Crippen molar-refractivity contribution in [3.8, 4) is 17.2 Å². The molecular weight excluding hydrogens is 468 g/mol. The molecule has 0 aliphatic carbocycles. The van der Waals surface area contributed by atoms with E-state index in [1.165, 1.54) is 50.2 Å². The number of hydrogen-bond acceptors (Lipinski definition) is 6. The molecule has 0 radical (unpaired) electrons. The Labute approximate surface area is 221 Å². The van der Waals surface area contributed by atoms with Gasteiger partial charge in [-0.1, -0.05) is 75.2 Å². The summed E-state index contributed by atoms with van der Waals surface area (Å²) in [5.74, 6) is 0.0627. The first-order valence-corrected chi connectivity index (χ1v) is 13.7. The van der Waals surface area contributed by atoms with E-state index >= 15 is 0 Å². The molecule has 0 N–H and O–H groups in total. The van der Waals surface area contributed by atoms with Crippen LogP contribution in [0.1, 0.15) is 98.8 Å². The zero-order valence-corrected chi connectivity index (χ0v) is 23.3. The lowest BCUT2D eigenvalue weighted by molar-refractivity contribution is -0.131. The molecular formula is C31H44O6. The molecule has 2 aromatic rings. The van der Waals surface area contributed by atoms with Gasteiger partial charge in [0.1, 0.15) is 23.3 Å². The minimum absolute atomic E-state index is 0.0191. The summed E-state index contributed by atoms with van der Waals surface area (Å²) in [7, 11) is 0. The SMILES string of the molecule is CCCCCCCCCCOc1c(OCC=C(C)CCC=C(C)C)c2c(OC(C)=O)cccc2oc1=O. The molecule has 1 aromatic heterocycles. The molecule has 0 saturated heterocycles. The highest BCUT2D eigenvalue weighted by atomic mass is 16.5. The first-order valence-electron chi connectivity index (χ1n) is 13.7. The fourth-order valence-corrected chi connectivity index (χ4v) is 4.04. The lowest BCUT2D eigenvalue weighted by atomic mass is 10.1. The van der Waals surface area contributed by atoms with Crippen molar-refractivity contribution in [2.24, 2.45) is 0 Å². The van der Waals surface area contributed by atoms with E-state index in [4.69, 9.17) is 18.6 Å². The highest BCUT2D eigenvalue weighted by molar-refractivity contribution is 5.93. The van der Waals surface area contributed by atoms with Crippen LogP contribution < -0.4 is 19.8 Å². The predicted octanol–water partition coefficient (Wildman–Crippen LogP) is 8.31. The number of hydrogen-bond donors (Lipinski definition) is 0. The van der Waals surface area contributed by atoms with Crippen LogP contribution in [0.4, 0.5) is 0 Å². The summed E-state index contributed by atoms with van der Waals surface area (Å²) >= 11 is 0. The van der Waals surface area contributed by atoms with Crippen molar-refractivity contribution in [3.63, 3.8) is 0 Å². The van der Waals surface area contributed by atoms with Crippen LogP contribution in [0, 0.1) is 0 Å². The Balaban J connectivity index is 2.19. The molecule has 0 aliphatic rings. The summed E-state index contributed by atoms with van der Waals surface area (Å²) in [6, 6.07) is 4.97. The number of unbranched alkanes of at least 4 members (excludes halogenated alkanes) is 7. The van der Waals surface area contributed by atoms with Gasteiger partial charge in [0, 0.05) is 6.92 Å². The summed E-state index contributed by atoms with van der Waals surface area (Å²) in [6.45, 7) is 10.4. The predicted molar refractivity (Wildman–Crippen MR) is 150 cm³/mol. The molecule has 0 aliphatic heterocycles. The molecule has 0 fully saturated rings. The van der Waals surface area contributed by atoms with E-state index in [9.17, 15) is 9.59 Å². The van der Waals surface area contributed by atoms with Crippen molar-refractivity contribution in [2.45, 2.75) is 98.8 Å². The summed E-state index contributed by atoms with van der Waals surface area (Å²) in [6.07, 6.45) is 15.4. The quantitative estimate of drug-likeness (QED) is 0.0697. The van der Waals surface area contributed by atoms with E-state index in [2.05, 4.69) is 33.8 Å². The van der Waals surface area contributed by atoms with Gasteiger partial charge in [-0.2, -0.15) is 0 Å². The Morgan fingerprint density at radius 3 is 2.27 bits per heavy atom. The fourth-order valence-electron chi connectivity index (χ4n) is 4.04. The summed E-state index contributed by atoms with van der Waals surface area (Å²) < 4.78 is 23.0. The molecule has 0 spiro atoms. The van der Waals surface area contributed by atoms with Crippen molar-refractivity contribution in [2.75, 3.05) is 13.2 Å². The van der Waals surface area contributed by atoms with Crippen LogP contribution in [0.5, 0.6) is 17.2 Å². The maximum absolute atomic E-state index is 12.9. The number of ether oxygens (including phenoxy) is 3. The number of allylic oxidation sites excluding steroid dienone is 3. The second kappa shape index (κ2) is 16.7. The van der Waals surface area contributed by atoms with Gasteiger partial charge in [-0.25, -0.2) is 4.79 Å². The number of carbonyl (C=O) groups is 1. The molecule has 204 valence electrons. The zero-order chi connectivity index (χ0) is 27.0. The Hall–Kier alpha value is -3.02. The minimum atomic E-state index is -0.605. The van der Waals surface area contributed by atoms with Crippen LogP contribution in [-0.4, -0.2) is 19.2 Å². The average Bonchev–Trinajstić information content (AvgIpc) is 2.83. The Bertz CT molecular complexity index is 1100. The molecule has 0 atom stereocenters. The third kappa shape index (κ3) is 10.9. The second-order valence-corrected chi connectivity index (χ2v) is 9.78. The largest absolute Gasteiger partial charge is 0.484 e. The zero-order valence-electron chi connectivity index (χ0n) is 23.3. The third-order valence-corrected chi connectivity index (χ3v) is 6.06. The molecule has 0 amide bonds. The molecule has 6 heteroatoms. The molecule has 1 heterocycles. The van der Waals surface area contributed by atoms with E-state index in [1.54, 1.807) is 18.2 Å². The van der Waals surface area contributed by atoms with Crippen LogP contribution in [0.25, 0.3) is 11.0 Å². The van der Waals surface area contributed by atoms with Gasteiger partial charge in [-0.05, 0) is 58.2 Å². The van der Waals surface area contributed by atoms with Gasteiger partial charge in [-0.3, -0.25) is 4.79 Å². The van der Waals surface area contributed by atoms with Gasteiger partial charge >= 0.3 is 11.6 Å². The first kappa shape index (κ1) is 30.2. The van der Waals surface area contributed by atoms with E-state index in [-0.39, 0.29) is 29.4 Å². The topological polar surface area (TPSA) is 75.0 Å². The maximum Gasteiger partial charge on any atom is 0.383 e. The smallest absolute Gasteiger partial charge is 0.383 e. The highest BCUT2D eigenvalue weighted by Crippen LogP contribution is 2.39. The van der Waals surface area contributed by atoms with Crippen molar-refractivity contribution in [3.05, 3.63) is 51.9 Å². The van der Waals surface area contributed by atoms with Crippen LogP contribution in [0.3, 0.4) is 0 Å². The summed E-state index contributed by atoms with van der Waals surface area (Å²) in [5.41, 5.74) is 2.16. The number of carbonyl (C=O) groups excluding carboxylic acids is 1. The number of benzene rings is 1. The summed E-state index contributed by atoms with van der Waals surface area (Å²) in [4.78, 5) is 24.6. The molecule has 6 nitrogen and oxygen atoms in total. The minimum Gasteiger partial charge on any atom is -0.484 e. The monoisotopic (exact) mass is 512 g/mol. The lowest BCUT2D eigenvalue weighted by Crippen LogP contribution is -2.12. The van der Waals surface area contributed by atoms with Gasteiger partial charge in [0.2, 0.25) is 5.75 Å². The second-order valence-electron chi connectivity index (χ2n) is 9.78. The highest BCUT2D eigenvalue weighted by Gasteiger charge is 2.21. The van der Waals surface area contributed by atoms with E-state index < -0.39 is 11.6 Å². The van der Waals surface area contributed by atoms with Gasteiger partial charge in [0.05, 0.1) is 6.61 Å². The first-order chi connectivity index (χ1) is 17.8. The summed E-state index contributed by atoms with van der Waals surface area (Å²) in [5, 5.41) is 0.416. The Morgan fingerprint density at radius 1 is 0.892 bits per heavy atom. The standard InChI is InChI=1S/C31H44O6/c1-6-7-8-9-10-11-12-13-21-34-30-29(35-22-20-24(4)17-14-16-23(2)3)28-26(36-25(5)32)18-15-19-27(28)37-31(30)33/h15-16,18-20H,6-14,17,21-22H2,1-5H3.